The van der Waals surface area contributed by atoms with Gasteiger partial charge in [-0.15, -0.1) is 0 Å². The van der Waals surface area contributed by atoms with E-state index in [-0.39, 0.29) is 0 Å². The fourth-order valence-corrected chi connectivity index (χ4v) is 2.99. The van der Waals surface area contributed by atoms with Crippen molar-refractivity contribution in [2.45, 2.75) is 26.4 Å². The van der Waals surface area contributed by atoms with Crippen molar-refractivity contribution in [3.8, 4) is 16.9 Å². The zero-order valence-electron chi connectivity index (χ0n) is 15.1. The van der Waals surface area contributed by atoms with Gasteiger partial charge in [-0.2, -0.15) is 0 Å². The van der Waals surface area contributed by atoms with Crippen LogP contribution in [-0.2, 0) is 6.54 Å². The maximum atomic E-state index is 5.26. The van der Waals surface area contributed by atoms with Gasteiger partial charge in [-0.1, -0.05) is 54.6 Å². The Hall–Kier alpha value is -2.58. The highest BCUT2D eigenvalue weighted by Crippen LogP contribution is 2.27. The van der Waals surface area contributed by atoms with Crippen LogP contribution in [0.25, 0.3) is 11.1 Å². The summed E-state index contributed by atoms with van der Waals surface area (Å²) >= 11 is 0. The van der Waals surface area contributed by atoms with Crippen LogP contribution in [0.4, 0.5) is 0 Å². The molecule has 0 unspecified atom stereocenters. The third kappa shape index (κ3) is 4.28. The third-order valence-electron chi connectivity index (χ3n) is 4.61. The molecule has 0 aromatic heterocycles. The van der Waals surface area contributed by atoms with Crippen molar-refractivity contribution in [3.05, 3.63) is 89.5 Å². The molecular weight excluding hydrogens is 306 g/mol. The molecule has 25 heavy (non-hydrogen) atoms. The number of hydrogen-bond acceptors (Lipinski definition) is 2. The highest BCUT2D eigenvalue weighted by atomic mass is 16.5. The lowest BCUT2D eigenvalue weighted by Gasteiger charge is -2.15. The van der Waals surface area contributed by atoms with E-state index in [4.69, 9.17) is 4.74 Å². The largest absolute Gasteiger partial charge is 0.497 e. The van der Waals surface area contributed by atoms with Gasteiger partial charge < -0.3 is 10.1 Å². The molecule has 0 amide bonds. The molecule has 0 aliphatic carbocycles. The van der Waals surface area contributed by atoms with Crippen LogP contribution in [0.1, 0.15) is 29.7 Å². The molecule has 3 rings (SSSR count). The molecule has 1 atom stereocenters. The Balaban J connectivity index is 1.74. The Kier molecular flexibility index (Phi) is 5.52. The lowest BCUT2D eigenvalue weighted by Crippen LogP contribution is -2.18. The average molecular weight is 331 g/mol. The highest BCUT2D eigenvalue weighted by molar-refractivity contribution is 5.68. The normalized spacial score (nSPS) is 12.0. The summed E-state index contributed by atoms with van der Waals surface area (Å²) in [6.45, 7) is 5.21. The standard InChI is InChI=1S/C23H25NO/c1-17-9-10-19(16-24-18(2)20-7-5-4-6-8-20)15-23(17)21-11-13-22(25-3)14-12-21/h4-15,18,24H,16H2,1-3H3/t18-/m1/s1. The molecule has 2 heteroatoms. The van der Waals surface area contributed by atoms with Crippen molar-refractivity contribution in [2.75, 3.05) is 7.11 Å². The van der Waals surface area contributed by atoms with Crippen LogP contribution in [0, 0.1) is 6.92 Å². The smallest absolute Gasteiger partial charge is 0.118 e. The van der Waals surface area contributed by atoms with Crippen LogP contribution in [-0.4, -0.2) is 7.11 Å². The van der Waals surface area contributed by atoms with Crippen LogP contribution in [0.5, 0.6) is 5.75 Å². The predicted molar refractivity (Wildman–Crippen MR) is 105 cm³/mol. The number of methoxy groups -OCH3 is 1. The van der Waals surface area contributed by atoms with Gasteiger partial charge in [-0.05, 0) is 59.9 Å². The van der Waals surface area contributed by atoms with Crippen molar-refractivity contribution in [1.29, 1.82) is 0 Å². The number of nitrogens with one attached hydrogen (secondary N) is 1. The number of benzene rings is 3. The topological polar surface area (TPSA) is 21.3 Å². The van der Waals surface area contributed by atoms with Gasteiger partial charge in [0.2, 0.25) is 0 Å². The number of aryl methyl sites for hydroxylation is 1. The van der Waals surface area contributed by atoms with Gasteiger partial charge in [0.25, 0.3) is 0 Å². The van der Waals surface area contributed by atoms with Crippen molar-refractivity contribution in [1.82, 2.24) is 5.32 Å². The second kappa shape index (κ2) is 8.00. The molecule has 3 aromatic rings. The van der Waals surface area contributed by atoms with E-state index in [0.29, 0.717) is 6.04 Å². The summed E-state index contributed by atoms with van der Waals surface area (Å²) in [4.78, 5) is 0. The molecule has 1 N–H and O–H groups in total. The Labute approximate surface area is 150 Å². The van der Waals surface area contributed by atoms with E-state index in [1.54, 1.807) is 7.11 Å². The molecule has 128 valence electrons. The lowest BCUT2D eigenvalue weighted by molar-refractivity contribution is 0.415. The predicted octanol–water partition coefficient (Wildman–Crippen LogP) is 5.52. The fraction of sp³-hybridized carbons (Fsp3) is 0.217. The van der Waals surface area contributed by atoms with E-state index in [0.717, 1.165) is 12.3 Å². The maximum Gasteiger partial charge on any atom is 0.118 e. The molecule has 0 saturated heterocycles. The van der Waals surface area contributed by atoms with Crippen LogP contribution in [0.3, 0.4) is 0 Å². The summed E-state index contributed by atoms with van der Waals surface area (Å²) in [5, 5.41) is 3.61. The maximum absolute atomic E-state index is 5.26. The van der Waals surface area contributed by atoms with Gasteiger partial charge in [-0.3, -0.25) is 0 Å². The fourth-order valence-electron chi connectivity index (χ4n) is 2.99. The van der Waals surface area contributed by atoms with E-state index in [9.17, 15) is 0 Å². The first-order valence-electron chi connectivity index (χ1n) is 8.69. The first-order valence-corrected chi connectivity index (χ1v) is 8.69. The van der Waals surface area contributed by atoms with E-state index in [1.165, 1.54) is 27.8 Å². The summed E-state index contributed by atoms with van der Waals surface area (Å²) < 4.78 is 5.26. The zero-order valence-corrected chi connectivity index (χ0v) is 15.1. The van der Waals surface area contributed by atoms with Crippen molar-refractivity contribution < 1.29 is 4.74 Å². The molecule has 0 heterocycles. The Bertz CT molecular complexity index is 809. The second-order valence-corrected chi connectivity index (χ2v) is 6.39. The lowest BCUT2D eigenvalue weighted by atomic mass is 9.98. The van der Waals surface area contributed by atoms with E-state index in [2.05, 4.69) is 79.8 Å². The van der Waals surface area contributed by atoms with Gasteiger partial charge >= 0.3 is 0 Å². The molecule has 0 aliphatic heterocycles. The van der Waals surface area contributed by atoms with Crippen LogP contribution in [0.15, 0.2) is 72.8 Å². The minimum absolute atomic E-state index is 0.326. The highest BCUT2D eigenvalue weighted by Gasteiger charge is 2.07. The summed E-state index contributed by atoms with van der Waals surface area (Å²) in [6, 6.07) is 25.8. The van der Waals surface area contributed by atoms with Gasteiger partial charge in [0.1, 0.15) is 5.75 Å². The molecule has 0 bridgehead atoms. The molecule has 2 nitrogen and oxygen atoms in total. The van der Waals surface area contributed by atoms with E-state index < -0.39 is 0 Å². The van der Waals surface area contributed by atoms with Gasteiger partial charge in [-0.25, -0.2) is 0 Å². The van der Waals surface area contributed by atoms with E-state index in [1.807, 2.05) is 12.1 Å². The quantitative estimate of drug-likeness (QED) is 0.642. The summed E-state index contributed by atoms with van der Waals surface area (Å²) in [6.07, 6.45) is 0. The zero-order chi connectivity index (χ0) is 17.6. The Morgan fingerprint density at radius 2 is 1.64 bits per heavy atom. The molecule has 0 fully saturated rings. The summed E-state index contributed by atoms with van der Waals surface area (Å²) in [5.74, 6) is 0.885. The Morgan fingerprint density at radius 3 is 2.32 bits per heavy atom. The van der Waals surface area contributed by atoms with Crippen LogP contribution >= 0.6 is 0 Å². The van der Waals surface area contributed by atoms with Gasteiger partial charge in [0.05, 0.1) is 7.11 Å². The first-order chi connectivity index (χ1) is 12.2. The van der Waals surface area contributed by atoms with Crippen LogP contribution in [0.2, 0.25) is 0 Å². The van der Waals surface area contributed by atoms with Gasteiger partial charge in [0, 0.05) is 12.6 Å². The minimum Gasteiger partial charge on any atom is -0.497 e. The molecular formula is C23H25NO. The number of ether oxygens (including phenoxy) is 1. The molecule has 0 saturated carbocycles. The molecule has 3 aromatic carbocycles. The second-order valence-electron chi connectivity index (χ2n) is 6.39. The average Bonchev–Trinajstić information content (AvgIpc) is 2.68. The molecule has 0 spiro atoms. The van der Waals surface area contributed by atoms with Crippen LogP contribution < -0.4 is 10.1 Å². The van der Waals surface area contributed by atoms with Crippen molar-refractivity contribution in [2.24, 2.45) is 0 Å². The molecule has 0 radical (unpaired) electrons. The van der Waals surface area contributed by atoms with E-state index >= 15 is 0 Å². The monoisotopic (exact) mass is 331 g/mol. The molecule has 0 aliphatic rings. The minimum atomic E-state index is 0.326. The Morgan fingerprint density at radius 1 is 0.920 bits per heavy atom. The third-order valence-corrected chi connectivity index (χ3v) is 4.61. The van der Waals surface area contributed by atoms with Gasteiger partial charge in [0.15, 0.2) is 0 Å². The SMILES string of the molecule is COc1ccc(-c2cc(CN[C@H](C)c3ccccc3)ccc2C)cc1. The summed E-state index contributed by atoms with van der Waals surface area (Å²) in [7, 11) is 1.69. The van der Waals surface area contributed by atoms with Crippen molar-refractivity contribution in [3.63, 3.8) is 0 Å². The number of hydrogen-bond donors (Lipinski definition) is 1. The van der Waals surface area contributed by atoms with Crippen molar-refractivity contribution >= 4 is 0 Å². The first kappa shape index (κ1) is 17.2. The number of rotatable bonds is 6. The summed E-state index contributed by atoms with van der Waals surface area (Å²) in [5.41, 5.74) is 6.37.